The molecule has 2 heterocycles. The second-order valence-corrected chi connectivity index (χ2v) is 6.36. The van der Waals surface area contributed by atoms with Crippen LogP contribution in [0.3, 0.4) is 0 Å². The second kappa shape index (κ2) is 4.27. The summed E-state index contributed by atoms with van der Waals surface area (Å²) >= 11 is 4.98. The van der Waals surface area contributed by atoms with Gasteiger partial charge < -0.3 is 9.88 Å². The molecular weight excluding hydrogens is 286 g/mol. The zero-order valence-corrected chi connectivity index (χ0v) is 12.3. The van der Waals surface area contributed by atoms with Crippen molar-refractivity contribution in [3.63, 3.8) is 0 Å². The standard InChI is InChI=1S/C15H15N3O2S/c19-12-10-3-2-9(8-11(10)16-14(21)17-12)13(20)18-7-6-15(18)4-1-5-15/h2-3,8H,1,4-7H2,(H2,16,17,19,21). The fraction of sp³-hybridized carbons (Fsp3) is 0.400. The molecule has 0 unspecified atom stereocenters. The summed E-state index contributed by atoms with van der Waals surface area (Å²) in [4.78, 5) is 31.9. The van der Waals surface area contributed by atoms with Gasteiger partial charge in [-0.1, -0.05) is 0 Å². The van der Waals surface area contributed by atoms with Gasteiger partial charge in [-0.25, -0.2) is 0 Å². The maximum absolute atomic E-state index is 12.6. The number of aromatic amines is 2. The van der Waals surface area contributed by atoms with Crippen LogP contribution in [0.1, 0.15) is 36.0 Å². The van der Waals surface area contributed by atoms with Gasteiger partial charge in [0.15, 0.2) is 4.77 Å². The second-order valence-electron chi connectivity index (χ2n) is 5.95. The van der Waals surface area contributed by atoms with Crippen LogP contribution < -0.4 is 5.56 Å². The molecule has 5 nitrogen and oxygen atoms in total. The van der Waals surface area contributed by atoms with Crippen LogP contribution in [-0.4, -0.2) is 32.9 Å². The minimum atomic E-state index is -0.229. The third-order valence-corrected chi connectivity index (χ3v) is 5.09. The molecule has 1 aromatic heterocycles. The minimum Gasteiger partial charge on any atom is -0.333 e. The van der Waals surface area contributed by atoms with E-state index in [-0.39, 0.29) is 21.8 Å². The molecular formula is C15H15N3O2S. The van der Waals surface area contributed by atoms with Gasteiger partial charge >= 0.3 is 0 Å². The Morgan fingerprint density at radius 2 is 2.05 bits per heavy atom. The van der Waals surface area contributed by atoms with E-state index in [1.807, 2.05) is 4.90 Å². The van der Waals surface area contributed by atoms with E-state index in [9.17, 15) is 9.59 Å². The molecule has 21 heavy (non-hydrogen) atoms. The quantitative estimate of drug-likeness (QED) is 0.794. The first-order valence-corrected chi connectivity index (χ1v) is 7.58. The van der Waals surface area contributed by atoms with E-state index in [4.69, 9.17) is 12.2 Å². The van der Waals surface area contributed by atoms with Crippen molar-refractivity contribution in [2.24, 2.45) is 0 Å². The summed E-state index contributed by atoms with van der Waals surface area (Å²) < 4.78 is 0.275. The maximum atomic E-state index is 12.6. The lowest BCUT2D eigenvalue weighted by atomic mass is 9.67. The highest BCUT2D eigenvalue weighted by atomic mass is 32.1. The van der Waals surface area contributed by atoms with Crippen LogP contribution in [-0.2, 0) is 0 Å². The molecule has 0 radical (unpaired) electrons. The molecule has 1 saturated carbocycles. The summed E-state index contributed by atoms with van der Waals surface area (Å²) in [7, 11) is 0. The number of fused-ring (bicyclic) bond motifs is 1. The Labute approximate surface area is 126 Å². The van der Waals surface area contributed by atoms with Gasteiger partial charge in [0, 0.05) is 17.6 Å². The normalized spacial score (nSPS) is 19.3. The van der Waals surface area contributed by atoms with Crippen molar-refractivity contribution in [3.05, 3.63) is 38.9 Å². The number of nitrogens with zero attached hydrogens (tertiary/aromatic N) is 1. The number of hydrogen-bond acceptors (Lipinski definition) is 3. The van der Waals surface area contributed by atoms with E-state index in [1.54, 1.807) is 18.2 Å². The summed E-state index contributed by atoms with van der Waals surface area (Å²) in [6.07, 6.45) is 4.57. The van der Waals surface area contributed by atoms with Gasteiger partial charge in [0.2, 0.25) is 0 Å². The molecule has 1 aliphatic heterocycles. The van der Waals surface area contributed by atoms with Gasteiger partial charge in [0.05, 0.1) is 10.9 Å². The Morgan fingerprint density at radius 3 is 2.67 bits per heavy atom. The van der Waals surface area contributed by atoms with Gasteiger partial charge in [0.25, 0.3) is 11.5 Å². The van der Waals surface area contributed by atoms with Crippen molar-refractivity contribution in [3.8, 4) is 0 Å². The SMILES string of the molecule is O=C(c1ccc2c(=O)[nH]c(=S)[nH]c2c1)N1CCC12CCC2. The zero-order valence-electron chi connectivity index (χ0n) is 11.4. The van der Waals surface area contributed by atoms with E-state index in [0.29, 0.717) is 16.5 Å². The molecule has 0 bridgehead atoms. The van der Waals surface area contributed by atoms with Gasteiger partial charge in [-0.3, -0.25) is 14.6 Å². The van der Waals surface area contributed by atoms with E-state index in [0.717, 1.165) is 25.8 Å². The Morgan fingerprint density at radius 1 is 1.24 bits per heavy atom. The van der Waals surface area contributed by atoms with Crippen LogP contribution in [0, 0.1) is 4.77 Å². The lowest BCUT2D eigenvalue weighted by molar-refractivity contribution is -0.0487. The number of carbonyl (C=O) groups is 1. The predicted molar refractivity (Wildman–Crippen MR) is 82.0 cm³/mol. The van der Waals surface area contributed by atoms with Crippen molar-refractivity contribution in [1.82, 2.24) is 14.9 Å². The van der Waals surface area contributed by atoms with Gasteiger partial charge in [0.1, 0.15) is 0 Å². The molecule has 108 valence electrons. The van der Waals surface area contributed by atoms with Crippen molar-refractivity contribution < 1.29 is 4.79 Å². The fourth-order valence-electron chi connectivity index (χ4n) is 3.42. The third-order valence-electron chi connectivity index (χ3n) is 4.89. The first-order valence-electron chi connectivity index (χ1n) is 7.17. The number of H-pyrrole nitrogens is 2. The molecule has 1 aliphatic carbocycles. The summed E-state index contributed by atoms with van der Waals surface area (Å²) in [5.74, 6) is 0.0578. The molecule has 6 heteroatoms. The average molecular weight is 301 g/mol. The monoisotopic (exact) mass is 301 g/mol. The first kappa shape index (κ1) is 12.8. The molecule has 2 fully saturated rings. The van der Waals surface area contributed by atoms with Crippen LogP contribution in [0.2, 0.25) is 0 Å². The summed E-state index contributed by atoms with van der Waals surface area (Å²) in [6, 6.07) is 5.13. The lowest BCUT2D eigenvalue weighted by Crippen LogP contribution is -2.65. The smallest absolute Gasteiger partial charge is 0.259 e. The van der Waals surface area contributed by atoms with Crippen LogP contribution in [0.25, 0.3) is 10.9 Å². The number of benzene rings is 1. The Balaban J connectivity index is 1.75. The number of likely N-dealkylation sites (tertiary alicyclic amines) is 1. The molecule has 1 spiro atoms. The average Bonchev–Trinajstić information content (AvgIpc) is 2.34. The zero-order chi connectivity index (χ0) is 14.6. The Hall–Kier alpha value is -1.95. The molecule has 2 aliphatic rings. The van der Waals surface area contributed by atoms with Crippen LogP contribution in [0.4, 0.5) is 0 Å². The van der Waals surface area contributed by atoms with E-state index in [1.165, 1.54) is 6.42 Å². The van der Waals surface area contributed by atoms with Crippen molar-refractivity contribution in [2.75, 3.05) is 6.54 Å². The van der Waals surface area contributed by atoms with E-state index < -0.39 is 0 Å². The molecule has 0 atom stereocenters. The van der Waals surface area contributed by atoms with E-state index >= 15 is 0 Å². The van der Waals surface area contributed by atoms with Crippen LogP contribution in [0.5, 0.6) is 0 Å². The topological polar surface area (TPSA) is 69.0 Å². The number of nitrogens with one attached hydrogen (secondary N) is 2. The van der Waals surface area contributed by atoms with E-state index in [2.05, 4.69) is 9.97 Å². The third kappa shape index (κ3) is 1.78. The number of rotatable bonds is 1. The first-order chi connectivity index (χ1) is 10.1. The summed E-state index contributed by atoms with van der Waals surface area (Å²) in [5, 5.41) is 0.516. The molecule has 4 rings (SSSR count). The highest BCUT2D eigenvalue weighted by Gasteiger charge is 2.51. The summed E-state index contributed by atoms with van der Waals surface area (Å²) in [5.41, 5.74) is 1.13. The van der Waals surface area contributed by atoms with Crippen molar-refractivity contribution >= 4 is 29.0 Å². The summed E-state index contributed by atoms with van der Waals surface area (Å²) in [6.45, 7) is 0.836. The van der Waals surface area contributed by atoms with Crippen molar-refractivity contribution in [2.45, 2.75) is 31.2 Å². The number of aromatic nitrogens is 2. The van der Waals surface area contributed by atoms with Crippen LogP contribution in [0.15, 0.2) is 23.0 Å². The van der Waals surface area contributed by atoms with Gasteiger partial charge in [-0.05, 0) is 56.1 Å². The van der Waals surface area contributed by atoms with Crippen molar-refractivity contribution in [1.29, 1.82) is 0 Å². The molecule has 2 N–H and O–H groups in total. The minimum absolute atomic E-state index is 0.0578. The van der Waals surface area contributed by atoms with Gasteiger partial charge in [-0.15, -0.1) is 0 Å². The maximum Gasteiger partial charge on any atom is 0.259 e. The number of hydrogen-bond donors (Lipinski definition) is 2. The molecule has 1 amide bonds. The Kier molecular flexibility index (Phi) is 2.60. The molecule has 2 aromatic rings. The number of carbonyl (C=O) groups excluding carboxylic acids is 1. The molecule has 1 saturated heterocycles. The fourth-order valence-corrected chi connectivity index (χ4v) is 3.62. The highest BCUT2D eigenvalue weighted by Crippen LogP contribution is 2.47. The number of amides is 1. The predicted octanol–water partition coefficient (Wildman–Crippen LogP) is 2.35. The van der Waals surface area contributed by atoms with Crippen LogP contribution >= 0.6 is 12.2 Å². The lowest BCUT2D eigenvalue weighted by Gasteiger charge is -2.58. The highest BCUT2D eigenvalue weighted by molar-refractivity contribution is 7.71. The Bertz CT molecular complexity index is 858. The largest absolute Gasteiger partial charge is 0.333 e. The van der Waals surface area contributed by atoms with Gasteiger partial charge in [-0.2, -0.15) is 0 Å². The molecule has 1 aromatic carbocycles.